The lowest BCUT2D eigenvalue weighted by atomic mass is 9.98. The second-order valence-electron chi connectivity index (χ2n) is 7.01. The molecule has 4 rings (SSSR count). The fourth-order valence-electron chi connectivity index (χ4n) is 3.54. The summed E-state index contributed by atoms with van der Waals surface area (Å²) in [6, 6.07) is 2.15. The number of amides is 1. The molecule has 1 amide bonds. The lowest BCUT2D eigenvalue weighted by Gasteiger charge is -2.36. The second-order valence-corrected chi connectivity index (χ2v) is 7.01. The van der Waals surface area contributed by atoms with Gasteiger partial charge in [0.25, 0.3) is 0 Å². The summed E-state index contributed by atoms with van der Waals surface area (Å²) in [5.74, 6) is 1.15. The molecule has 3 heterocycles. The molecule has 2 fully saturated rings. The van der Waals surface area contributed by atoms with Crippen LogP contribution in [0, 0.1) is 11.8 Å². The maximum absolute atomic E-state index is 12.8. The Morgan fingerprint density at radius 1 is 1.26 bits per heavy atom. The largest absolute Gasteiger partial charge is 0.381 e. The van der Waals surface area contributed by atoms with Crippen molar-refractivity contribution >= 4 is 5.91 Å². The summed E-state index contributed by atoms with van der Waals surface area (Å²) in [6.45, 7) is 4.26. The Morgan fingerprint density at radius 3 is 2.87 bits per heavy atom. The van der Waals surface area contributed by atoms with Crippen LogP contribution in [-0.2, 0) is 20.8 Å². The lowest BCUT2D eigenvalue weighted by molar-refractivity contribution is -0.141. The predicted octanol–water partition coefficient (Wildman–Crippen LogP) is 1.62. The van der Waals surface area contributed by atoms with Crippen LogP contribution in [0.3, 0.4) is 0 Å². The SMILES string of the molecule is O=C(C1CCOCC1)N1Cc2ccnn2C(COCC2CC2)C1. The third-order valence-electron chi connectivity index (χ3n) is 5.13. The Balaban J connectivity index is 1.41. The Labute approximate surface area is 136 Å². The van der Waals surface area contributed by atoms with Gasteiger partial charge in [-0.3, -0.25) is 9.48 Å². The molecule has 1 aliphatic carbocycles. The van der Waals surface area contributed by atoms with Gasteiger partial charge >= 0.3 is 0 Å². The number of aromatic nitrogens is 2. The molecule has 1 atom stereocenters. The predicted molar refractivity (Wildman–Crippen MR) is 83.8 cm³/mol. The summed E-state index contributed by atoms with van der Waals surface area (Å²) < 4.78 is 13.3. The van der Waals surface area contributed by atoms with Gasteiger partial charge in [-0.1, -0.05) is 0 Å². The third-order valence-corrected chi connectivity index (χ3v) is 5.13. The highest BCUT2D eigenvalue weighted by atomic mass is 16.5. The minimum atomic E-state index is 0.117. The minimum absolute atomic E-state index is 0.117. The van der Waals surface area contributed by atoms with Crippen LogP contribution in [0.15, 0.2) is 12.3 Å². The Bertz CT molecular complexity index is 549. The highest BCUT2D eigenvalue weighted by Gasteiger charge is 2.33. The Hall–Kier alpha value is -1.40. The summed E-state index contributed by atoms with van der Waals surface area (Å²) in [4.78, 5) is 14.8. The summed E-state index contributed by atoms with van der Waals surface area (Å²) in [5.41, 5.74) is 1.11. The number of carbonyl (C=O) groups excluding carboxylic acids is 1. The van der Waals surface area contributed by atoms with Gasteiger partial charge in [0.05, 0.1) is 24.9 Å². The summed E-state index contributed by atoms with van der Waals surface area (Å²) >= 11 is 0. The molecular formula is C17H25N3O3. The van der Waals surface area contributed by atoms with Gasteiger partial charge < -0.3 is 14.4 Å². The molecule has 0 N–H and O–H groups in total. The van der Waals surface area contributed by atoms with Gasteiger partial charge in [0.15, 0.2) is 0 Å². The van der Waals surface area contributed by atoms with Crippen molar-refractivity contribution in [3.63, 3.8) is 0 Å². The fraction of sp³-hybridized carbons (Fsp3) is 0.765. The van der Waals surface area contributed by atoms with Crippen LogP contribution < -0.4 is 0 Å². The minimum Gasteiger partial charge on any atom is -0.381 e. The van der Waals surface area contributed by atoms with E-state index in [0.29, 0.717) is 32.9 Å². The van der Waals surface area contributed by atoms with E-state index in [2.05, 4.69) is 5.10 Å². The Kier molecular flexibility index (Phi) is 4.35. The van der Waals surface area contributed by atoms with Crippen LogP contribution in [0.1, 0.15) is 37.4 Å². The zero-order chi connectivity index (χ0) is 15.6. The van der Waals surface area contributed by atoms with Crippen molar-refractivity contribution < 1.29 is 14.3 Å². The van der Waals surface area contributed by atoms with Gasteiger partial charge in [-0.2, -0.15) is 5.10 Å². The molecular weight excluding hydrogens is 294 g/mol. The van der Waals surface area contributed by atoms with Gasteiger partial charge in [0.1, 0.15) is 0 Å². The molecule has 1 saturated heterocycles. The first-order chi connectivity index (χ1) is 11.3. The topological polar surface area (TPSA) is 56.6 Å². The number of hydrogen-bond donors (Lipinski definition) is 0. The molecule has 6 nitrogen and oxygen atoms in total. The average molecular weight is 319 g/mol. The molecule has 1 saturated carbocycles. The molecule has 1 aromatic heterocycles. The van der Waals surface area contributed by atoms with Gasteiger partial charge in [0.2, 0.25) is 5.91 Å². The molecule has 1 aromatic rings. The summed E-state index contributed by atoms with van der Waals surface area (Å²) in [5, 5.41) is 4.44. The first kappa shape index (κ1) is 15.1. The molecule has 6 heteroatoms. The highest BCUT2D eigenvalue weighted by molar-refractivity contribution is 5.79. The van der Waals surface area contributed by atoms with E-state index < -0.39 is 0 Å². The van der Waals surface area contributed by atoms with Crippen molar-refractivity contribution in [2.24, 2.45) is 11.8 Å². The van der Waals surface area contributed by atoms with E-state index in [0.717, 1.165) is 31.1 Å². The standard InChI is InChI=1S/C17H25N3O3/c21-17(14-4-7-22-8-5-14)19-9-15-3-6-18-20(15)16(10-19)12-23-11-13-1-2-13/h3,6,13-14,16H,1-2,4-5,7-12H2. The van der Waals surface area contributed by atoms with Crippen molar-refractivity contribution in [1.82, 2.24) is 14.7 Å². The number of fused-ring (bicyclic) bond motifs is 1. The van der Waals surface area contributed by atoms with E-state index in [4.69, 9.17) is 9.47 Å². The monoisotopic (exact) mass is 319 g/mol. The molecule has 2 aliphatic heterocycles. The van der Waals surface area contributed by atoms with Crippen molar-refractivity contribution in [1.29, 1.82) is 0 Å². The smallest absolute Gasteiger partial charge is 0.226 e. The van der Waals surface area contributed by atoms with Crippen LogP contribution in [0.4, 0.5) is 0 Å². The second kappa shape index (κ2) is 6.61. The van der Waals surface area contributed by atoms with Gasteiger partial charge in [-0.25, -0.2) is 0 Å². The Morgan fingerprint density at radius 2 is 2.09 bits per heavy atom. The van der Waals surface area contributed by atoms with Crippen LogP contribution >= 0.6 is 0 Å². The maximum Gasteiger partial charge on any atom is 0.226 e. The average Bonchev–Trinajstić information content (AvgIpc) is 3.29. The van der Waals surface area contributed by atoms with Gasteiger partial charge in [-0.05, 0) is 37.7 Å². The number of rotatable bonds is 5. The van der Waals surface area contributed by atoms with E-state index in [1.807, 2.05) is 21.8 Å². The van der Waals surface area contributed by atoms with E-state index >= 15 is 0 Å². The fourth-order valence-corrected chi connectivity index (χ4v) is 3.54. The van der Waals surface area contributed by atoms with E-state index in [1.54, 1.807) is 0 Å². The first-order valence-electron chi connectivity index (χ1n) is 8.78. The molecule has 0 spiro atoms. The van der Waals surface area contributed by atoms with Crippen molar-refractivity contribution in [2.75, 3.05) is 33.0 Å². The molecule has 0 radical (unpaired) electrons. The van der Waals surface area contributed by atoms with Gasteiger partial charge in [0, 0.05) is 38.5 Å². The summed E-state index contributed by atoms with van der Waals surface area (Å²) in [6.07, 6.45) is 6.11. The zero-order valence-electron chi connectivity index (χ0n) is 13.5. The highest BCUT2D eigenvalue weighted by Crippen LogP contribution is 2.30. The van der Waals surface area contributed by atoms with Crippen molar-refractivity contribution in [3.8, 4) is 0 Å². The normalized spacial score (nSPS) is 25.4. The van der Waals surface area contributed by atoms with E-state index in [9.17, 15) is 4.79 Å². The summed E-state index contributed by atoms with van der Waals surface area (Å²) in [7, 11) is 0. The maximum atomic E-state index is 12.8. The third kappa shape index (κ3) is 3.43. The number of ether oxygens (including phenoxy) is 2. The number of hydrogen-bond acceptors (Lipinski definition) is 4. The van der Waals surface area contributed by atoms with Crippen molar-refractivity contribution in [3.05, 3.63) is 18.0 Å². The number of carbonyl (C=O) groups is 1. The molecule has 3 aliphatic rings. The molecule has 0 aromatic carbocycles. The van der Waals surface area contributed by atoms with Gasteiger partial charge in [-0.15, -0.1) is 0 Å². The molecule has 0 bridgehead atoms. The molecule has 126 valence electrons. The van der Waals surface area contributed by atoms with Crippen LogP contribution in [-0.4, -0.2) is 53.6 Å². The zero-order valence-corrected chi connectivity index (χ0v) is 13.5. The van der Waals surface area contributed by atoms with E-state index in [-0.39, 0.29) is 17.9 Å². The van der Waals surface area contributed by atoms with Crippen LogP contribution in [0.25, 0.3) is 0 Å². The first-order valence-corrected chi connectivity index (χ1v) is 8.78. The van der Waals surface area contributed by atoms with E-state index in [1.165, 1.54) is 12.8 Å². The lowest BCUT2D eigenvalue weighted by Crippen LogP contribution is -2.46. The molecule has 1 unspecified atom stereocenters. The van der Waals surface area contributed by atoms with Crippen LogP contribution in [0.5, 0.6) is 0 Å². The molecule has 23 heavy (non-hydrogen) atoms. The number of nitrogens with zero attached hydrogens (tertiary/aromatic N) is 3. The van der Waals surface area contributed by atoms with Crippen LogP contribution in [0.2, 0.25) is 0 Å². The van der Waals surface area contributed by atoms with Crippen molar-refractivity contribution in [2.45, 2.75) is 38.3 Å². The quantitative estimate of drug-likeness (QED) is 0.827.